The van der Waals surface area contributed by atoms with Crippen LogP contribution < -0.4 is 0 Å². The lowest BCUT2D eigenvalue weighted by Gasteiger charge is -2.06. The molecule has 0 aliphatic carbocycles. The van der Waals surface area contributed by atoms with Gasteiger partial charge in [-0.25, -0.2) is 4.21 Å². The normalized spacial score (nSPS) is 14.4. The molecule has 0 aliphatic heterocycles. The summed E-state index contributed by atoms with van der Waals surface area (Å²) in [7, 11) is 0. The van der Waals surface area contributed by atoms with Crippen LogP contribution in [0.5, 0.6) is 0 Å². The Bertz CT molecular complexity index is 82.1. The Morgan fingerprint density at radius 1 is 1.88 bits per heavy atom. The first-order chi connectivity index (χ1) is 3.72. The molecule has 1 radical (unpaired) electrons. The van der Waals surface area contributed by atoms with Crippen molar-refractivity contribution in [3.05, 3.63) is 13.8 Å². The van der Waals surface area contributed by atoms with Crippen molar-refractivity contribution in [3.63, 3.8) is 0 Å². The molecule has 3 nitrogen and oxygen atoms in total. The van der Waals surface area contributed by atoms with Crippen molar-refractivity contribution in [2.24, 2.45) is 0 Å². The van der Waals surface area contributed by atoms with Crippen molar-refractivity contribution in [3.8, 4) is 0 Å². The van der Waals surface area contributed by atoms with Crippen LogP contribution in [0.25, 0.3) is 0 Å². The van der Waals surface area contributed by atoms with E-state index < -0.39 is 11.3 Å². The number of nitrogens with zero attached hydrogens (tertiary/aromatic N) is 1. The summed E-state index contributed by atoms with van der Waals surface area (Å²) in [4.78, 5) is 0. The van der Waals surface area contributed by atoms with Gasteiger partial charge in [-0.15, -0.1) is 0 Å². The van der Waals surface area contributed by atoms with Gasteiger partial charge in [0, 0.05) is 6.54 Å². The van der Waals surface area contributed by atoms with E-state index in [0.717, 1.165) is 0 Å². The van der Waals surface area contributed by atoms with Gasteiger partial charge in [0.15, 0.2) is 6.54 Å². The Hall–Kier alpha value is -0.0600. The average molecular weight is 135 g/mol. The Morgan fingerprint density at radius 3 is 2.38 bits per heavy atom. The molecule has 0 fully saturated rings. The molecule has 1 atom stereocenters. The van der Waals surface area contributed by atoms with Gasteiger partial charge in [0.1, 0.15) is 0 Å². The fourth-order valence-electron chi connectivity index (χ4n) is 0.268. The highest BCUT2D eigenvalue weighted by molar-refractivity contribution is 7.76. The van der Waals surface area contributed by atoms with Crippen LogP contribution in [0.3, 0.4) is 0 Å². The van der Waals surface area contributed by atoms with Gasteiger partial charge in [-0.2, -0.15) is 4.31 Å². The molecule has 1 N–H and O–H groups in total. The van der Waals surface area contributed by atoms with Gasteiger partial charge in [-0.1, -0.05) is 0 Å². The molecule has 0 bridgehead atoms. The van der Waals surface area contributed by atoms with Crippen molar-refractivity contribution in [2.75, 3.05) is 13.1 Å². The summed E-state index contributed by atoms with van der Waals surface area (Å²) in [5, 5.41) is 0. The van der Waals surface area contributed by atoms with Crippen LogP contribution in [0.4, 0.5) is 0 Å². The molecule has 0 saturated heterocycles. The van der Waals surface area contributed by atoms with Crippen molar-refractivity contribution in [1.29, 1.82) is 0 Å². The van der Waals surface area contributed by atoms with Gasteiger partial charge in [-0.3, -0.25) is 4.55 Å². The van der Waals surface area contributed by atoms with E-state index in [2.05, 4.69) is 13.8 Å². The predicted molar refractivity (Wildman–Crippen MR) is 33.1 cm³/mol. The highest BCUT2D eigenvalue weighted by atomic mass is 32.2. The zero-order chi connectivity index (χ0) is 6.57. The molecule has 0 rings (SSSR count). The van der Waals surface area contributed by atoms with Gasteiger partial charge < -0.3 is 0 Å². The van der Waals surface area contributed by atoms with Crippen LogP contribution >= 0.6 is 0 Å². The second-order valence-electron chi connectivity index (χ2n) is 1.16. The van der Waals surface area contributed by atoms with E-state index >= 15 is 0 Å². The number of hydrogen-bond acceptors (Lipinski definition) is 1. The summed E-state index contributed by atoms with van der Waals surface area (Å²) < 4.78 is 19.7. The largest absolute Gasteiger partial charge is 0.293 e. The summed E-state index contributed by atoms with van der Waals surface area (Å²) in [5.74, 6) is 0. The van der Waals surface area contributed by atoms with Crippen LogP contribution in [0.15, 0.2) is 0 Å². The van der Waals surface area contributed by atoms with E-state index in [0.29, 0.717) is 13.1 Å². The lowest BCUT2D eigenvalue weighted by Crippen LogP contribution is -2.24. The summed E-state index contributed by atoms with van der Waals surface area (Å²) in [6.07, 6.45) is 0. The van der Waals surface area contributed by atoms with E-state index in [1.807, 2.05) is 0 Å². The van der Waals surface area contributed by atoms with Crippen LogP contribution in [0.1, 0.15) is 0 Å². The zero-order valence-corrected chi connectivity index (χ0v) is 5.36. The van der Waals surface area contributed by atoms with Gasteiger partial charge in [0.05, 0.1) is 6.92 Å². The fraction of sp³-hybridized carbons (Fsp3) is 0.500. The zero-order valence-electron chi connectivity index (χ0n) is 4.54. The minimum atomic E-state index is -1.90. The van der Waals surface area contributed by atoms with Crippen LogP contribution in [-0.4, -0.2) is 26.2 Å². The molecular weight excluding hydrogens is 126 g/mol. The Balaban J connectivity index is 3.52. The first-order valence-electron chi connectivity index (χ1n) is 2.16. The lowest BCUT2D eigenvalue weighted by atomic mass is 10.7. The van der Waals surface area contributed by atoms with Gasteiger partial charge in [0.2, 0.25) is 11.3 Å². The van der Waals surface area contributed by atoms with E-state index in [1.54, 1.807) is 0 Å². The van der Waals surface area contributed by atoms with Crippen molar-refractivity contribution < 1.29 is 8.76 Å². The molecule has 0 amide bonds. The molecule has 1 unspecified atom stereocenters. The minimum Gasteiger partial charge on any atom is -0.293 e. The molecule has 0 aromatic heterocycles. The second kappa shape index (κ2) is 3.88. The van der Waals surface area contributed by atoms with Crippen molar-refractivity contribution in [2.45, 2.75) is 0 Å². The Kier molecular flexibility index (Phi) is 3.85. The molecule has 0 aromatic carbocycles. The molecule has 8 heavy (non-hydrogen) atoms. The molecule has 0 heterocycles. The molecule has 0 aliphatic rings. The molecule has 47 valence electrons. The van der Waals surface area contributed by atoms with E-state index in [9.17, 15) is 4.21 Å². The highest BCUT2D eigenvalue weighted by Crippen LogP contribution is 1.87. The van der Waals surface area contributed by atoms with Crippen LogP contribution in [-0.2, 0) is 11.3 Å². The fourth-order valence-corrected chi connectivity index (χ4v) is 0.580. The van der Waals surface area contributed by atoms with Crippen LogP contribution in [0, 0.1) is 13.8 Å². The first-order valence-corrected chi connectivity index (χ1v) is 3.23. The highest BCUT2D eigenvalue weighted by Gasteiger charge is 2.06. The van der Waals surface area contributed by atoms with Gasteiger partial charge >= 0.3 is 0 Å². The molecule has 0 aromatic rings. The monoisotopic (exact) mass is 135 g/mol. The topological polar surface area (TPSA) is 40.5 Å². The van der Waals surface area contributed by atoms with E-state index in [-0.39, 0.29) is 0 Å². The summed E-state index contributed by atoms with van der Waals surface area (Å²) in [5.41, 5.74) is 0. The third-order valence-corrected chi connectivity index (χ3v) is 1.53. The standard InChI is InChI=1S/C4H8NO2S/c1-3-5(4-2)8(6)7/h1-4H2/p+1. The van der Waals surface area contributed by atoms with E-state index in [4.69, 9.17) is 4.55 Å². The number of hydrogen-bond donors (Lipinski definition) is 1. The summed E-state index contributed by atoms with van der Waals surface area (Å²) in [6.45, 7) is 7.45. The van der Waals surface area contributed by atoms with Crippen LogP contribution in [0.2, 0.25) is 0 Å². The predicted octanol–water partition coefficient (Wildman–Crippen LogP) is 0.0933. The molecule has 0 saturated carbocycles. The smallest absolute Gasteiger partial charge is 0.238 e. The Labute approximate surface area is 52.1 Å². The third-order valence-electron chi connectivity index (χ3n) is 0.720. The molecular formula is C4H9NO2S+. The Morgan fingerprint density at radius 2 is 2.38 bits per heavy atom. The SMILES string of the molecule is [CH2]CN(C[CH2+])S(=O)O. The maximum atomic E-state index is 10.1. The maximum absolute atomic E-state index is 10.1. The maximum Gasteiger partial charge on any atom is 0.238 e. The average Bonchev–Trinajstić information content (AvgIpc) is 1.69. The minimum absolute atomic E-state index is 0.312. The van der Waals surface area contributed by atoms with Gasteiger partial charge in [0.25, 0.3) is 0 Å². The van der Waals surface area contributed by atoms with E-state index in [1.165, 1.54) is 4.31 Å². The molecule has 0 spiro atoms. The quantitative estimate of drug-likeness (QED) is 0.440. The number of rotatable bonds is 3. The second-order valence-corrected chi connectivity index (χ2v) is 2.14. The first kappa shape index (κ1) is 7.94. The third kappa shape index (κ3) is 2.30. The van der Waals surface area contributed by atoms with Crippen molar-refractivity contribution in [1.82, 2.24) is 4.31 Å². The summed E-state index contributed by atoms with van der Waals surface area (Å²) >= 11 is -1.90. The lowest BCUT2D eigenvalue weighted by molar-refractivity contribution is 0.449. The summed E-state index contributed by atoms with van der Waals surface area (Å²) in [6, 6.07) is 0. The molecule has 4 heteroatoms. The van der Waals surface area contributed by atoms with Crippen molar-refractivity contribution >= 4 is 11.3 Å². The van der Waals surface area contributed by atoms with Gasteiger partial charge in [-0.05, 0) is 6.92 Å².